The third kappa shape index (κ3) is 2.82. The average Bonchev–Trinajstić information content (AvgIpc) is 2.62. The number of nitrogens with one attached hydrogen (secondary N) is 1. The molecule has 0 unspecified atom stereocenters. The van der Waals surface area contributed by atoms with E-state index in [1.165, 1.54) is 16.9 Å². The van der Waals surface area contributed by atoms with Crippen molar-refractivity contribution in [1.82, 2.24) is 4.98 Å². The molecule has 1 aliphatic heterocycles. The van der Waals surface area contributed by atoms with Crippen LogP contribution in [0.4, 0.5) is 11.4 Å². The predicted octanol–water partition coefficient (Wildman–Crippen LogP) is 3.56. The Morgan fingerprint density at radius 1 is 1.26 bits per heavy atom. The van der Waals surface area contributed by atoms with Gasteiger partial charge in [-0.1, -0.05) is 23.7 Å². The molecule has 2 heterocycles. The van der Waals surface area contributed by atoms with Gasteiger partial charge in [-0.25, -0.2) is 4.98 Å². The normalized spacial score (nSPS) is 14.5. The molecular weight excluding hydrogens is 258 g/mol. The van der Waals surface area contributed by atoms with Gasteiger partial charge in [-0.3, -0.25) is 0 Å². The van der Waals surface area contributed by atoms with Gasteiger partial charge in [0.2, 0.25) is 0 Å². The van der Waals surface area contributed by atoms with E-state index < -0.39 is 0 Å². The number of pyridine rings is 1. The van der Waals surface area contributed by atoms with E-state index in [0.717, 1.165) is 26.1 Å². The predicted molar refractivity (Wildman–Crippen MR) is 79.8 cm³/mol. The van der Waals surface area contributed by atoms with Crippen LogP contribution in [0, 0.1) is 0 Å². The summed E-state index contributed by atoms with van der Waals surface area (Å²) in [6.07, 6.45) is 2.90. The minimum Gasteiger partial charge on any atom is -0.383 e. The van der Waals surface area contributed by atoms with Crippen molar-refractivity contribution < 1.29 is 0 Å². The fourth-order valence-electron chi connectivity index (χ4n) is 2.44. The van der Waals surface area contributed by atoms with Crippen LogP contribution in [0.1, 0.15) is 12.0 Å². The van der Waals surface area contributed by atoms with Gasteiger partial charge in [-0.05, 0) is 36.2 Å². The second-order valence-corrected chi connectivity index (χ2v) is 5.09. The van der Waals surface area contributed by atoms with E-state index in [0.29, 0.717) is 5.15 Å². The molecule has 0 bridgehead atoms. The Labute approximate surface area is 118 Å². The first kappa shape index (κ1) is 12.3. The highest BCUT2D eigenvalue weighted by Crippen LogP contribution is 2.29. The number of fused-ring (bicyclic) bond motifs is 1. The number of hydrogen-bond donors (Lipinski definition) is 1. The highest BCUT2D eigenvalue weighted by Gasteiger charge is 2.14. The Hall–Kier alpha value is -1.74. The molecule has 0 atom stereocenters. The van der Waals surface area contributed by atoms with Crippen LogP contribution in [-0.4, -0.2) is 18.1 Å². The summed E-state index contributed by atoms with van der Waals surface area (Å²) in [6.45, 7) is 2.93. The van der Waals surface area contributed by atoms with E-state index >= 15 is 0 Å². The fourth-order valence-corrected chi connectivity index (χ4v) is 2.63. The topological polar surface area (TPSA) is 28.2 Å². The van der Waals surface area contributed by atoms with Crippen LogP contribution in [0.15, 0.2) is 42.6 Å². The molecule has 0 aliphatic carbocycles. The number of hydrogen-bond acceptors (Lipinski definition) is 3. The second kappa shape index (κ2) is 5.49. The lowest BCUT2D eigenvalue weighted by atomic mass is 10.2. The molecule has 19 heavy (non-hydrogen) atoms. The van der Waals surface area contributed by atoms with Gasteiger partial charge in [0.15, 0.2) is 0 Å². The largest absolute Gasteiger partial charge is 0.383 e. The summed E-state index contributed by atoms with van der Waals surface area (Å²) < 4.78 is 0. The van der Waals surface area contributed by atoms with Crippen molar-refractivity contribution in [2.24, 2.45) is 0 Å². The van der Waals surface area contributed by atoms with E-state index in [4.69, 9.17) is 11.6 Å². The molecule has 1 aromatic carbocycles. The summed E-state index contributed by atoms with van der Waals surface area (Å²) >= 11 is 5.95. The summed E-state index contributed by atoms with van der Waals surface area (Å²) in [5.41, 5.74) is 3.66. The molecule has 0 amide bonds. The van der Waals surface area contributed by atoms with Crippen LogP contribution in [0.2, 0.25) is 5.15 Å². The number of rotatable bonds is 2. The molecule has 1 aliphatic rings. The highest BCUT2D eigenvalue weighted by atomic mass is 35.5. The van der Waals surface area contributed by atoms with E-state index in [9.17, 15) is 0 Å². The molecule has 0 spiro atoms. The number of para-hydroxylation sites is 2. The average molecular weight is 274 g/mol. The second-order valence-electron chi connectivity index (χ2n) is 4.71. The molecule has 0 saturated carbocycles. The Morgan fingerprint density at radius 2 is 2.16 bits per heavy atom. The van der Waals surface area contributed by atoms with Crippen LogP contribution in [0.25, 0.3) is 0 Å². The number of anilines is 2. The zero-order chi connectivity index (χ0) is 13.1. The van der Waals surface area contributed by atoms with Crippen molar-refractivity contribution >= 4 is 23.0 Å². The molecule has 1 N–H and O–H groups in total. The molecule has 3 rings (SSSR count). The fraction of sp³-hybridized carbons (Fsp3) is 0.267. The van der Waals surface area contributed by atoms with Gasteiger partial charge >= 0.3 is 0 Å². The van der Waals surface area contributed by atoms with Crippen molar-refractivity contribution in [3.8, 4) is 0 Å². The van der Waals surface area contributed by atoms with E-state index in [1.54, 1.807) is 6.20 Å². The van der Waals surface area contributed by atoms with Crippen molar-refractivity contribution in [2.45, 2.75) is 13.0 Å². The minimum absolute atomic E-state index is 0.554. The standard InChI is InChI=1S/C15H16ClN3/c16-15-10-12(6-8-18-15)11-19-9-3-7-17-13-4-1-2-5-14(13)19/h1-2,4-6,8,10,17H,3,7,9,11H2. The van der Waals surface area contributed by atoms with Gasteiger partial charge in [0.1, 0.15) is 5.15 Å². The van der Waals surface area contributed by atoms with Gasteiger partial charge in [0.05, 0.1) is 11.4 Å². The number of aromatic nitrogens is 1. The van der Waals surface area contributed by atoms with Gasteiger partial charge < -0.3 is 10.2 Å². The maximum absolute atomic E-state index is 5.95. The smallest absolute Gasteiger partial charge is 0.129 e. The lowest BCUT2D eigenvalue weighted by Gasteiger charge is -2.24. The maximum Gasteiger partial charge on any atom is 0.129 e. The van der Waals surface area contributed by atoms with E-state index in [-0.39, 0.29) is 0 Å². The van der Waals surface area contributed by atoms with E-state index in [2.05, 4.69) is 39.5 Å². The van der Waals surface area contributed by atoms with Crippen LogP contribution >= 0.6 is 11.6 Å². The summed E-state index contributed by atoms with van der Waals surface area (Å²) in [5, 5.41) is 4.03. The van der Waals surface area contributed by atoms with Gasteiger partial charge in [-0.15, -0.1) is 0 Å². The first-order chi connectivity index (χ1) is 9.33. The summed E-state index contributed by atoms with van der Waals surface area (Å²) in [5.74, 6) is 0. The minimum atomic E-state index is 0.554. The van der Waals surface area contributed by atoms with Gasteiger partial charge in [0.25, 0.3) is 0 Å². The van der Waals surface area contributed by atoms with Crippen LogP contribution in [0.3, 0.4) is 0 Å². The first-order valence-electron chi connectivity index (χ1n) is 6.51. The Bertz CT molecular complexity index is 571. The quantitative estimate of drug-likeness (QED) is 0.848. The Morgan fingerprint density at radius 3 is 3.05 bits per heavy atom. The molecule has 3 nitrogen and oxygen atoms in total. The number of nitrogens with zero attached hydrogens (tertiary/aromatic N) is 2. The number of benzene rings is 1. The molecule has 0 radical (unpaired) electrons. The molecule has 98 valence electrons. The van der Waals surface area contributed by atoms with Crippen molar-refractivity contribution in [2.75, 3.05) is 23.3 Å². The monoisotopic (exact) mass is 273 g/mol. The Kier molecular flexibility index (Phi) is 3.56. The highest BCUT2D eigenvalue weighted by molar-refractivity contribution is 6.29. The van der Waals surface area contributed by atoms with Crippen molar-refractivity contribution in [1.29, 1.82) is 0 Å². The molecular formula is C15H16ClN3. The van der Waals surface area contributed by atoms with Crippen LogP contribution in [0.5, 0.6) is 0 Å². The van der Waals surface area contributed by atoms with Crippen LogP contribution in [-0.2, 0) is 6.54 Å². The molecule has 0 saturated heterocycles. The maximum atomic E-state index is 5.95. The molecule has 2 aromatic rings. The molecule has 0 fully saturated rings. The third-order valence-corrected chi connectivity index (χ3v) is 3.54. The van der Waals surface area contributed by atoms with Crippen molar-refractivity contribution in [3.63, 3.8) is 0 Å². The molecule has 4 heteroatoms. The Balaban J connectivity index is 1.88. The summed E-state index contributed by atoms with van der Waals surface area (Å²) in [6, 6.07) is 12.4. The van der Waals surface area contributed by atoms with Gasteiger partial charge in [0, 0.05) is 25.8 Å². The number of halogens is 1. The van der Waals surface area contributed by atoms with Crippen molar-refractivity contribution in [3.05, 3.63) is 53.3 Å². The zero-order valence-corrected chi connectivity index (χ0v) is 11.4. The summed E-state index contributed by atoms with van der Waals surface area (Å²) in [4.78, 5) is 6.42. The van der Waals surface area contributed by atoms with E-state index in [1.807, 2.05) is 12.1 Å². The first-order valence-corrected chi connectivity index (χ1v) is 6.89. The molecule has 1 aromatic heterocycles. The lowest BCUT2D eigenvalue weighted by molar-refractivity contribution is 0.763. The zero-order valence-electron chi connectivity index (χ0n) is 10.6. The lowest BCUT2D eigenvalue weighted by Crippen LogP contribution is -2.23. The van der Waals surface area contributed by atoms with Gasteiger partial charge in [-0.2, -0.15) is 0 Å². The van der Waals surface area contributed by atoms with Crippen LogP contribution < -0.4 is 10.2 Å². The SMILES string of the molecule is Clc1cc(CN2CCCNc3ccccc32)ccn1. The summed E-state index contributed by atoms with van der Waals surface area (Å²) in [7, 11) is 0. The third-order valence-electron chi connectivity index (χ3n) is 3.33.